The predicted molar refractivity (Wildman–Crippen MR) is 71.3 cm³/mol. The number of anilines is 1. The van der Waals surface area contributed by atoms with Crippen molar-refractivity contribution in [2.75, 3.05) is 25.4 Å². The first-order valence-corrected chi connectivity index (χ1v) is 7.12. The molecule has 1 aliphatic rings. The van der Waals surface area contributed by atoms with Crippen LogP contribution in [0.15, 0.2) is 5.38 Å². The molecular formula is C12H21N3OS. The van der Waals surface area contributed by atoms with Gasteiger partial charge in [0.25, 0.3) is 0 Å². The molecule has 1 aliphatic heterocycles. The number of rotatable bonds is 4. The summed E-state index contributed by atoms with van der Waals surface area (Å²) in [6.07, 6.45) is 2.47. The Morgan fingerprint density at radius 3 is 3.12 bits per heavy atom. The van der Waals surface area contributed by atoms with Crippen molar-refractivity contribution in [3.63, 3.8) is 0 Å². The summed E-state index contributed by atoms with van der Waals surface area (Å²) in [4.78, 5) is 6.82. The van der Waals surface area contributed by atoms with Gasteiger partial charge in [0.05, 0.1) is 18.4 Å². The second-order valence-electron chi connectivity index (χ2n) is 4.63. The number of nitrogen functional groups attached to an aromatic ring is 1. The fourth-order valence-electron chi connectivity index (χ4n) is 2.26. The van der Waals surface area contributed by atoms with Gasteiger partial charge >= 0.3 is 0 Å². The molecule has 0 bridgehead atoms. The molecule has 2 heterocycles. The second kappa shape index (κ2) is 5.80. The van der Waals surface area contributed by atoms with Crippen LogP contribution in [0, 0.1) is 0 Å². The van der Waals surface area contributed by atoms with E-state index in [1.54, 1.807) is 0 Å². The number of nitrogens with two attached hydrogens (primary N) is 1. The zero-order chi connectivity index (χ0) is 12.3. The van der Waals surface area contributed by atoms with Crippen LogP contribution < -0.4 is 5.73 Å². The van der Waals surface area contributed by atoms with Crippen LogP contribution in [0.3, 0.4) is 0 Å². The smallest absolute Gasteiger partial charge is 0.180 e. The molecule has 2 unspecified atom stereocenters. The van der Waals surface area contributed by atoms with Crippen LogP contribution in [0.4, 0.5) is 5.13 Å². The maximum absolute atomic E-state index is 5.69. The van der Waals surface area contributed by atoms with Crippen molar-refractivity contribution in [2.45, 2.75) is 38.8 Å². The maximum atomic E-state index is 5.69. The minimum Gasteiger partial charge on any atom is -0.376 e. The van der Waals surface area contributed by atoms with Crippen LogP contribution in [0.25, 0.3) is 0 Å². The molecule has 0 aromatic carbocycles. The lowest BCUT2D eigenvalue weighted by molar-refractivity contribution is -0.0552. The Bertz CT molecular complexity index is 355. The van der Waals surface area contributed by atoms with E-state index in [1.807, 2.05) is 0 Å². The van der Waals surface area contributed by atoms with Crippen molar-refractivity contribution in [1.82, 2.24) is 9.88 Å². The Kier molecular flexibility index (Phi) is 4.36. The standard InChI is InChI=1S/C12H21N3OS/c1-3-11-7-16-9(2)6-15(11)5-4-10-8-17-12(13)14-10/h8-9,11H,3-7H2,1-2H3,(H2,13,14). The molecule has 0 saturated carbocycles. The van der Waals surface area contributed by atoms with Crippen LogP contribution in [-0.4, -0.2) is 41.7 Å². The number of ether oxygens (including phenoxy) is 1. The summed E-state index contributed by atoms with van der Waals surface area (Å²) in [5.41, 5.74) is 6.75. The van der Waals surface area contributed by atoms with E-state index >= 15 is 0 Å². The average molecular weight is 255 g/mol. The summed E-state index contributed by atoms with van der Waals surface area (Å²) < 4.78 is 5.69. The molecule has 1 aromatic rings. The van der Waals surface area contributed by atoms with Crippen molar-refractivity contribution < 1.29 is 4.74 Å². The molecule has 0 spiro atoms. The van der Waals surface area contributed by atoms with Crippen LogP contribution in [0.5, 0.6) is 0 Å². The van der Waals surface area contributed by atoms with Crippen molar-refractivity contribution in [3.05, 3.63) is 11.1 Å². The molecule has 96 valence electrons. The first-order valence-electron chi connectivity index (χ1n) is 6.24. The van der Waals surface area contributed by atoms with Crippen molar-refractivity contribution >= 4 is 16.5 Å². The summed E-state index contributed by atoms with van der Waals surface area (Å²) in [6.45, 7) is 7.29. The molecule has 0 amide bonds. The van der Waals surface area contributed by atoms with Gasteiger partial charge in [-0.15, -0.1) is 11.3 Å². The van der Waals surface area contributed by atoms with E-state index in [-0.39, 0.29) is 0 Å². The molecule has 2 atom stereocenters. The van der Waals surface area contributed by atoms with E-state index < -0.39 is 0 Å². The van der Waals surface area contributed by atoms with Crippen molar-refractivity contribution in [2.24, 2.45) is 0 Å². The van der Waals surface area contributed by atoms with Gasteiger partial charge in [-0.25, -0.2) is 4.98 Å². The van der Waals surface area contributed by atoms with Gasteiger partial charge < -0.3 is 10.5 Å². The van der Waals surface area contributed by atoms with E-state index in [2.05, 4.69) is 29.1 Å². The zero-order valence-electron chi connectivity index (χ0n) is 10.6. The summed E-state index contributed by atoms with van der Waals surface area (Å²) in [6, 6.07) is 0.558. The van der Waals surface area contributed by atoms with Crippen molar-refractivity contribution in [1.29, 1.82) is 0 Å². The second-order valence-corrected chi connectivity index (χ2v) is 5.52. The maximum Gasteiger partial charge on any atom is 0.180 e. The summed E-state index contributed by atoms with van der Waals surface area (Å²) >= 11 is 1.52. The molecule has 1 fully saturated rings. The molecule has 0 aliphatic carbocycles. The highest BCUT2D eigenvalue weighted by atomic mass is 32.1. The minimum absolute atomic E-state index is 0.346. The number of morpholine rings is 1. The molecule has 4 nitrogen and oxygen atoms in total. The Balaban J connectivity index is 1.87. The van der Waals surface area contributed by atoms with Gasteiger partial charge in [0.1, 0.15) is 0 Å². The van der Waals surface area contributed by atoms with Gasteiger partial charge in [-0.1, -0.05) is 6.92 Å². The van der Waals surface area contributed by atoms with Crippen LogP contribution in [0.1, 0.15) is 26.0 Å². The van der Waals surface area contributed by atoms with Gasteiger partial charge in [-0.2, -0.15) is 0 Å². The third-order valence-corrected chi connectivity index (χ3v) is 4.00. The molecule has 5 heteroatoms. The summed E-state index contributed by atoms with van der Waals surface area (Å²) in [5.74, 6) is 0. The Labute approximate surface area is 107 Å². The largest absolute Gasteiger partial charge is 0.376 e. The molecule has 17 heavy (non-hydrogen) atoms. The Hall–Kier alpha value is -0.650. The fraction of sp³-hybridized carbons (Fsp3) is 0.750. The van der Waals surface area contributed by atoms with Gasteiger partial charge in [-0.05, 0) is 13.3 Å². The number of thiazole rings is 1. The number of nitrogens with zero attached hydrogens (tertiary/aromatic N) is 2. The summed E-state index contributed by atoms with van der Waals surface area (Å²) in [5, 5.41) is 2.72. The van der Waals surface area contributed by atoms with E-state index in [4.69, 9.17) is 10.5 Å². The predicted octanol–water partition coefficient (Wildman–Crippen LogP) is 1.77. The van der Waals surface area contributed by atoms with Gasteiger partial charge in [0.15, 0.2) is 5.13 Å². The van der Waals surface area contributed by atoms with E-state index in [0.29, 0.717) is 17.3 Å². The summed E-state index contributed by atoms with van der Waals surface area (Å²) in [7, 11) is 0. The molecule has 1 aromatic heterocycles. The quantitative estimate of drug-likeness (QED) is 0.891. The third kappa shape index (κ3) is 3.40. The molecular weight excluding hydrogens is 234 g/mol. The molecule has 2 rings (SSSR count). The van der Waals surface area contributed by atoms with Crippen molar-refractivity contribution in [3.8, 4) is 0 Å². The monoisotopic (exact) mass is 255 g/mol. The van der Waals surface area contributed by atoms with Gasteiger partial charge in [-0.3, -0.25) is 4.90 Å². The lowest BCUT2D eigenvalue weighted by Crippen LogP contribution is -2.49. The Morgan fingerprint density at radius 2 is 2.47 bits per heavy atom. The molecule has 1 saturated heterocycles. The topological polar surface area (TPSA) is 51.4 Å². The normalized spacial score (nSPS) is 26.2. The Morgan fingerprint density at radius 1 is 1.65 bits per heavy atom. The van der Waals surface area contributed by atoms with E-state index in [9.17, 15) is 0 Å². The van der Waals surface area contributed by atoms with Gasteiger partial charge in [0, 0.05) is 30.9 Å². The van der Waals surface area contributed by atoms with E-state index in [0.717, 1.165) is 38.2 Å². The van der Waals surface area contributed by atoms with Crippen LogP contribution in [-0.2, 0) is 11.2 Å². The SMILES string of the molecule is CCC1COC(C)CN1CCc1csc(N)n1. The molecule has 0 radical (unpaired) electrons. The highest BCUT2D eigenvalue weighted by molar-refractivity contribution is 7.13. The molecule has 2 N–H and O–H groups in total. The highest BCUT2D eigenvalue weighted by Gasteiger charge is 2.25. The number of hydrogen-bond acceptors (Lipinski definition) is 5. The van der Waals surface area contributed by atoms with Crippen LogP contribution in [0.2, 0.25) is 0 Å². The fourth-order valence-corrected chi connectivity index (χ4v) is 2.86. The average Bonchev–Trinajstić information content (AvgIpc) is 2.73. The van der Waals surface area contributed by atoms with E-state index in [1.165, 1.54) is 11.3 Å². The van der Waals surface area contributed by atoms with Crippen LogP contribution >= 0.6 is 11.3 Å². The lowest BCUT2D eigenvalue weighted by Gasteiger charge is -2.38. The number of aromatic nitrogens is 1. The van der Waals surface area contributed by atoms with Gasteiger partial charge in [0.2, 0.25) is 0 Å². The minimum atomic E-state index is 0.346. The third-order valence-electron chi connectivity index (χ3n) is 3.28. The first kappa shape index (κ1) is 12.8. The number of hydrogen-bond donors (Lipinski definition) is 1. The highest BCUT2D eigenvalue weighted by Crippen LogP contribution is 2.16. The lowest BCUT2D eigenvalue weighted by atomic mass is 10.1. The zero-order valence-corrected chi connectivity index (χ0v) is 11.4. The first-order chi connectivity index (χ1) is 8.19.